The summed E-state index contributed by atoms with van der Waals surface area (Å²) in [6.45, 7) is 0. The minimum absolute atomic E-state index is 0.00373. The summed E-state index contributed by atoms with van der Waals surface area (Å²) in [5.41, 5.74) is 0.231. The van der Waals surface area contributed by atoms with Gasteiger partial charge >= 0.3 is 5.97 Å². The van der Waals surface area contributed by atoms with E-state index in [4.69, 9.17) is 28.3 Å². The maximum absolute atomic E-state index is 11.9. The van der Waals surface area contributed by atoms with E-state index in [1.54, 1.807) is 12.1 Å². The molecule has 0 saturated heterocycles. The van der Waals surface area contributed by atoms with Crippen molar-refractivity contribution < 1.29 is 14.7 Å². The van der Waals surface area contributed by atoms with Gasteiger partial charge in [-0.15, -0.1) is 0 Å². The predicted octanol–water partition coefficient (Wildman–Crippen LogP) is 3.34. The molecule has 20 heavy (non-hydrogen) atoms. The molecule has 2 aromatic rings. The summed E-state index contributed by atoms with van der Waals surface area (Å²) in [4.78, 5) is 26.5. The summed E-state index contributed by atoms with van der Waals surface area (Å²) in [7, 11) is 0. The number of nitrogens with zero attached hydrogens (tertiary/aromatic N) is 1. The largest absolute Gasteiger partial charge is 0.477 e. The number of rotatable bonds is 3. The number of benzene rings is 1. The molecule has 1 heterocycles. The summed E-state index contributed by atoms with van der Waals surface area (Å²) in [5, 5.41) is 12.0. The lowest BCUT2D eigenvalue weighted by Crippen LogP contribution is -2.15. The number of pyridine rings is 1. The van der Waals surface area contributed by atoms with Crippen LogP contribution in [0.15, 0.2) is 36.4 Å². The molecule has 0 unspecified atom stereocenters. The second-order valence-corrected chi connectivity index (χ2v) is 4.61. The van der Waals surface area contributed by atoms with Gasteiger partial charge in [0.05, 0.1) is 10.0 Å². The van der Waals surface area contributed by atoms with Gasteiger partial charge in [0.25, 0.3) is 5.91 Å². The van der Waals surface area contributed by atoms with Crippen LogP contribution in [0, 0.1) is 0 Å². The van der Waals surface area contributed by atoms with E-state index in [9.17, 15) is 9.59 Å². The van der Waals surface area contributed by atoms with E-state index in [0.717, 1.165) is 0 Å². The van der Waals surface area contributed by atoms with Gasteiger partial charge in [0.2, 0.25) is 0 Å². The molecule has 0 atom stereocenters. The topological polar surface area (TPSA) is 79.3 Å². The second-order valence-electron chi connectivity index (χ2n) is 3.80. The van der Waals surface area contributed by atoms with Gasteiger partial charge in [0, 0.05) is 5.69 Å². The van der Waals surface area contributed by atoms with Gasteiger partial charge in [-0.2, -0.15) is 0 Å². The quantitative estimate of drug-likeness (QED) is 0.911. The number of carboxylic acid groups (broad SMARTS) is 1. The fourth-order valence-electron chi connectivity index (χ4n) is 1.45. The first-order valence-electron chi connectivity index (χ1n) is 5.44. The number of aromatic carboxylic acids is 1. The van der Waals surface area contributed by atoms with E-state index in [-0.39, 0.29) is 11.4 Å². The third kappa shape index (κ3) is 3.26. The number of carboxylic acids is 1. The van der Waals surface area contributed by atoms with Gasteiger partial charge in [-0.25, -0.2) is 9.78 Å². The Balaban J connectivity index is 2.21. The fourth-order valence-corrected chi connectivity index (χ4v) is 1.75. The highest BCUT2D eigenvalue weighted by Gasteiger charge is 2.12. The van der Waals surface area contributed by atoms with Crippen LogP contribution in [-0.4, -0.2) is 22.0 Å². The number of carbonyl (C=O) groups excluding carboxylic acids is 1. The van der Waals surface area contributed by atoms with Gasteiger partial charge in [-0.3, -0.25) is 4.79 Å². The number of hydrogen-bond donors (Lipinski definition) is 2. The average molecular weight is 311 g/mol. The molecule has 102 valence electrons. The van der Waals surface area contributed by atoms with Crippen molar-refractivity contribution in [2.75, 3.05) is 5.32 Å². The van der Waals surface area contributed by atoms with Crippen LogP contribution in [0.3, 0.4) is 0 Å². The number of hydrogen-bond acceptors (Lipinski definition) is 3. The van der Waals surface area contributed by atoms with E-state index in [1.165, 1.54) is 24.3 Å². The molecule has 0 aliphatic heterocycles. The summed E-state index contributed by atoms with van der Waals surface area (Å²) in [5.74, 6) is -1.74. The third-order valence-corrected chi connectivity index (χ3v) is 3.12. The lowest BCUT2D eigenvalue weighted by atomic mass is 10.2. The molecule has 5 nitrogen and oxygen atoms in total. The van der Waals surface area contributed by atoms with Crippen molar-refractivity contribution in [3.8, 4) is 0 Å². The Kier molecular flexibility index (Phi) is 4.22. The Labute approximate surface area is 124 Å². The third-order valence-electron chi connectivity index (χ3n) is 2.38. The molecule has 0 radical (unpaired) electrons. The van der Waals surface area contributed by atoms with Crippen molar-refractivity contribution in [1.29, 1.82) is 0 Å². The maximum Gasteiger partial charge on any atom is 0.354 e. The number of halogens is 2. The highest BCUT2D eigenvalue weighted by atomic mass is 35.5. The molecule has 0 spiro atoms. The van der Waals surface area contributed by atoms with Crippen LogP contribution in [0.25, 0.3) is 0 Å². The van der Waals surface area contributed by atoms with Crippen LogP contribution in [-0.2, 0) is 0 Å². The fraction of sp³-hybridized carbons (Fsp3) is 0. The molecular weight excluding hydrogens is 303 g/mol. The highest BCUT2D eigenvalue weighted by Crippen LogP contribution is 2.25. The lowest BCUT2D eigenvalue weighted by molar-refractivity contribution is 0.0690. The van der Waals surface area contributed by atoms with E-state index < -0.39 is 11.9 Å². The number of aromatic nitrogens is 1. The van der Waals surface area contributed by atoms with E-state index in [2.05, 4.69) is 10.3 Å². The number of amides is 1. The molecule has 7 heteroatoms. The van der Waals surface area contributed by atoms with Crippen LogP contribution in [0.2, 0.25) is 10.0 Å². The van der Waals surface area contributed by atoms with E-state index >= 15 is 0 Å². The first kappa shape index (κ1) is 14.3. The van der Waals surface area contributed by atoms with E-state index in [0.29, 0.717) is 15.7 Å². The summed E-state index contributed by atoms with van der Waals surface area (Å²) in [6.07, 6.45) is 0. The molecular formula is C13H8Cl2N2O3. The second kappa shape index (κ2) is 5.90. The molecule has 2 rings (SSSR count). The van der Waals surface area contributed by atoms with Crippen LogP contribution in [0.1, 0.15) is 21.0 Å². The zero-order chi connectivity index (χ0) is 14.7. The van der Waals surface area contributed by atoms with Crippen molar-refractivity contribution in [3.05, 3.63) is 57.8 Å². The summed E-state index contributed by atoms with van der Waals surface area (Å²) in [6, 6.07) is 8.77. The van der Waals surface area contributed by atoms with Crippen LogP contribution < -0.4 is 5.32 Å². The normalized spacial score (nSPS) is 10.1. The van der Waals surface area contributed by atoms with Crippen LogP contribution in [0.5, 0.6) is 0 Å². The maximum atomic E-state index is 11.9. The standard InChI is InChI=1S/C13H8Cl2N2O3/c14-8-5-4-7(6-9(8)15)16-12(18)10-2-1-3-11(17-10)13(19)20/h1-6H,(H,16,18)(H,19,20). The summed E-state index contributed by atoms with van der Waals surface area (Å²) < 4.78 is 0. The minimum Gasteiger partial charge on any atom is -0.477 e. The molecule has 0 bridgehead atoms. The van der Waals surface area contributed by atoms with Crippen molar-refractivity contribution in [1.82, 2.24) is 4.98 Å². The van der Waals surface area contributed by atoms with Crippen molar-refractivity contribution in [3.63, 3.8) is 0 Å². The molecule has 1 aromatic heterocycles. The zero-order valence-electron chi connectivity index (χ0n) is 9.93. The monoisotopic (exact) mass is 310 g/mol. The zero-order valence-corrected chi connectivity index (χ0v) is 11.4. The first-order valence-corrected chi connectivity index (χ1v) is 6.20. The van der Waals surface area contributed by atoms with Crippen LogP contribution in [0.4, 0.5) is 5.69 Å². The van der Waals surface area contributed by atoms with Crippen molar-refractivity contribution in [2.45, 2.75) is 0 Å². The van der Waals surface area contributed by atoms with Gasteiger partial charge in [-0.1, -0.05) is 29.3 Å². The molecule has 1 aromatic carbocycles. The smallest absolute Gasteiger partial charge is 0.354 e. The Hall–Kier alpha value is -2.11. The predicted molar refractivity (Wildman–Crippen MR) is 75.6 cm³/mol. The van der Waals surface area contributed by atoms with Gasteiger partial charge in [0.15, 0.2) is 0 Å². The Morgan fingerprint density at radius 1 is 1.05 bits per heavy atom. The Bertz CT molecular complexity index is 689. The van der Waals surface area contributed by atoms with E-state index in [1.807, 2.05) is 0 Å². The van der Waals surface area contributed by atoms with Crippen molar-refractivity contribution >= 4 is 40.8 Å². The van der Waals surface area contributed by atoms with Crippen LogP contribution >= 0.6 is 23.2 Å². The Morgan fingerprint density at radius 3 is 2.40 bits per heavy atom. The summed E-state index contributed by atoms with van der Waals surface area (Å²) >= 11 is 11.6. The average Bonchev–Trinajstić information content (AvgIpc) is 2.43. The Morgan fingerprint density at radius 2 is 1.75 bits per heavy atom. The molecule has 0 aliphatic rings. The highest BCUT2D eigenvalue weighted by molar-refractivity contribution is 6.42. The molecule has 0 fully saturated rings. The number of carbonyl (C=O) groups is 2. The number of anilines is 1. The minimum atomic E-state index is -1.20. The molecule has 0 aliphatic carbocycles. The van der Waals surface area contributed by atoms with Crippen molar-refractivity contribution in [2.24, 2.45) is 0 Å². The SMILES string of the molecule is O=C(O)c1cccc(C(=O)Nc2ccc(Cl)c(Cl)c2)n1. The van der Waals surface area contributed by atoms with Gasteiger partial charge in [0.1, 0.15) is 11.4 Å². The molecule has 1 amide bonds. The lowest BCUT2D eigenvalue weighted by Gasteiger charge is -2.06. The molecule has 0 saturated carbocycles. The first-order chi connectivity index (χ1) is 9.47. The molecule has 2 N–H and O–H groups in total. The van der Waals surface area contributed by atoms with Gasteiger partial charge < -0.3 is 10.4 Å². The number of nitrogens with one attached hydrogen (secondary N) is 1. The van der Waals surface area contributed by atoms with Gasteiger partial charge in [-0.05, 0) is 30.3 Å².